The van der Waals surface area contributed by atoms with E-state index >= 15 is 0 Å². The lowest BCUT2D eigenvalue weighted by Gasteiger charge is -2.04. The zero-order valence-corrected chi connectivity index (χ0v) is 12.7. The number of aryl methyl sites for hydroxylation is 2. The van der Waals surface area contributed by atoms with E-state index in [2.05, 4.69) is 35.9 Å². The van der Waals surface area contributed by atoms with Crippen molar-refractivity contribution >= 4 is 28.4 Å². The number of aromatic nitrogens is 1. The molecule has 2 nitrogen and oxygen atoms in total. The van der Waals surface area contributed by atoms with Gasteiger partial charge in [-0.1, -0.05) is 25.1 Å². The van der Waals surface area contributed by atoms with Crippen molar-refractivity contribution in [3.05, 3.63) is 40.9 Å². The van der Waals surface area contributed by atoms with Gasteiger partial charge in [0.25, 0.3) is 0 Å². The van der Waals surface area contributed by atoms with Crippen LogP contribution < -0.4 is 4.72 Å². The van der Waals surface area contributed by atoms with Crippen LogP contribution in [0.15, 0.2) is 35.2 Å². The summed E-state index contributed by atoms with van der Waals surface area (Å²) in [5.74, 6) is 0.844. The monoisotopic (exact) mass is 290 g/mol. The molecule has 1 N–H and O–H groups in total. The van der Waals surface area contributed by atoms with Crippen molar-refractivity contribution < 1.29 is 0 Å². The number of nitrogens with zero attached hydrogens (tertiary/aromatic N) is 1. The summed E-state index contributed by atoms with van der Waals surface area (Å²) in [6.45, 7) is 2.35. The minimum Gasteiger partial charge on any atom is -0.302 e. The molecule has 0 amide bonds. The summed E-state index contributed by atoms with van der Waals surface area (Å²) in [5, 5.41) is 1.05. The third-order valence-corrected chi connectivity index (χ3v) is 5.52. The molecule has 1 atom stereocenters. The van der Waals surface area contributed by atoms with Gasteiger partial charge in [0.1, 0.15) is 0 Å². The highest BCUT2D eigenvalue weighted by molar-refractivity contribution is 8.00. The van der Waals surface area contributed by atoms with Crippen LogP contribution in [-0.2, 0) is 12.8 Å². The Balaban J connectivity index is 1.65. The molecule has 0 aliphatic heterocycles. The summed E-state index contributed by atoms with van der Waals surface area (Å²) in [6.07, 6.45) is 4.93. The van der Waals surface area contributed by atoms with Gasteiger partial charge in [0.05, 0.1) is 5.69 Å². The summed E-state index contributed by atoms with van der Waals surface area (Å²) >= 11 is 3.47. The molecule has 3 rings (SSSR count). The molecule has 2 aromatic rings. The average Bonchev–Trinajstić information content (AvgIpc) is 2.76. The Labute approximate surface area is 122 Å². The lowest BCUT2D eigenvalue weighted by atomic mass is 10.0. The van der Waals surface area contributed by atoms with E-state index in [9.17, 15) is 0 Å². The summed E-state index contributed by atoms with van der Waals surface area (Å²) in [5.41, 5.74) is 1.32. The Kier molecular flexibility index (Phi) is 4.09. The third-order valence-electron chi connectivity index (χ3n) is 3.52. The molecule has 0 bridgehead atoms. The van der Waals surface area contributed by atoms with Crippen LogP contribution in [0.4, 0.5) is 5.13 Å². The number of rotatable bonds is 3. The van der Waals surface area contributed by atoms with E-state index < -0.39 is 0 Å². The fourth-order valence-electron chi connectivity index (χ4n) is 2.31. The van der Waals surface area contributed by atoms with Gasteiger partial charge < -0.3 is 4.72 Å². The smallest absolute Gasteiger partial charge is 0.193 e. The Morgan fingerprint density at radius 2 is 2.00 bits per heavy atom. The molecule has 1 unspecified atom stereocenters. The SMILES string of the molecule is CC1CCc2nc(NSc3ccccc3)sc2CC1. The van der Waals surface area contributed by atoms with Crippen molar-refractivity contribution in [1.29, 1.82) is 0 Å². The van der Waals surface area contributed by atoms with Crippen molar-refractivity contribution in [1.82, 2.24) is 4.98 Å². The average molecular weight is 290 g/mol. The van der Waals surface area contributed by atoms with E-state index in [4.69, 9.17) is 4.98 Å². The summed E-state index contributed by atoms with van der Waals surface area (Å²) in [6, 6.07) is 10.4. The second-order valence-corrected chi connectivity index (χ2v) is 7.05. The zero-order chi connectivity index (χ0) is 13.1. The van der Waals surface area contributed by atoms with Crippen molar-refractivity contribution in [2.75, 3.05) is 4.72 Å². The Morgan fingerprint density at radius 1 is 1.21 bits per heavy atom. The van der Waals surface area contributed by atoms with Gasteiger partial charge in [0.2, 0.25) is 0 Å². The first-order valence-electron chi connectivity index (χ1n) is 6.78. The second-order valence-electron chi connectivity index (χ2n) is 5.09. The highest BCUT2D eigenvalue weighted by Crippen LogP contribution is 2.32. The van der Waals surface area contributed by atoms with E-state index in [1.54, 1.807) is 11.9 Å². The van der Waals surface area contributed by atoms with E-state index in [1.165, 1.54) is 34.7 Å². The molecule has 1 aromatic heterocycles. The van der Waals surface area contributed by atoms with Gasteiger partial charge in [-0.05, 0) is 55.7 Å². The molecular weight excluding hydrogens is 272 g/mol. The quantitative estimate of drug-likeness (QED) is 0.650. The molecule has 0 fully saturated rings. The molecule has 1 heterocycles. The maximum Gasteiger partial charge on any atom is 0.193 e. The number of anilines is 1. The Bertz CT molecular complexity index is 511. The lowest BCUT2D eigenvalue weighted by Crippen LogP contribution is -1.94. The van der Waals surface area contributed by atoms with E-state index in [1.807, 2.05) is 17.4 Å². The van der Waals surface area contributed by atoms with Crippen LogP contribution in [-0.4, -0.2) is 4.98 Å². The number of nitrogens with one attached hydrogen (secondary N) is 1. The molecule has 0 radical (unpaired) electrons. The first-order valence-corrected chi connectivity index (χ1v) is 8.41. The minimum atomic E-state index is 0.844. The molecule has 4 heteroatoms. The first kappa shape index (κ1) is 13.0. The van der Waals surface area contributed by atoms with Crippen molar-refractivity contribution in [2.24, 2.45) is 5.92 Å². The summed E-state index contributed by atoms with van der Waals surface area (Å²) in [4.78, 5) is 7.46. The standard InChI is InChI=1S/C15H18N2S2/c1-11-7-9-13-14(10-8-11)18-15(16-13)17-19-12-5-3-2-4-6-12/h2-6,11H,7-10H2,1H3,(H,16,17). The lowest BCUT2D eigenvalue weighted by molar-refractivity contribution is 0.509. The van der Waals surface area contributed by atoms with Gasteiger partial charge in [-0.3, -0.25) is 0 Å². The van der Waals surface area contributed by atoms with Gasteiger partial charge >= 0.3 is 0 Å². The number of thiazole rings is 1. The van der Waals surface area contributed by atoms with Gasteiger partial charge in [-0.2, -0.15) is 0 Å². The largest absolute Gasteiger partial charge is 0.302 e. The van der Waals surface area contributed by atoms with Gasteiger partial charge in [0, 0.05) is 9.77 Å². The van der Waals surface area contributed by atoms with Gasteiger partial charge in [-0.15, -0.1) is 11.3 Å². The number of hydrogen-bond acceptors (Lipinski definition) is 4. The molecule has 1 aliphatic carbocycles. The first-order chi connectivity index (χ1) is 9.31. The molecule has 19 heavy (non-hydrogen) atoms. The van der Waals surface area contributed by atoms with Crippen molar-refractivity contribution in [2.45, 2.75) is 37.5 Å². The summed E-state index contributed by atoms with van der Waals surface area (Å²) in [7, 11) is 0. The topological polar surface area (TPSA) is 24.9 Å². The van der Waals surface area contributed by atoms with Crippen LogP contribution in [0.2, 0.25) is 0 Å². The zero-order valence-electron chi connectivity index (χ0n) is 11.1. The predicted molar refractivity (Wildman–Crippen MR) is 83.8 cm³/mol. The Hall–Kier alpha value is -1.00. The molecule has 1 aromatic carbocycles. The second kappa shape index (κ2) is 5.97. The highest BCUT2D eigenvalue weighted by Gasteiger charge is 2.17. The van der Waals surface area contributed by atoms with Crippen LogP contribution in [0, 0.1) is 5.92 Å². The van der Waals surface area contributed by atoms with Crippen LogP contribution >= 0.6 is 23.3 Å². The van der Waals surface area contributed by atoms with Crippen LogP contribution in [0.25, 0.3) is 0 Å². The number of hydrogen-bond donors (Lipinski definition) is 1. The maximum absolute atomic E-state index is 4.75. The van der Waals surface area contributed by atoms with Crippen molar-refractivity contribution in [3.8, 4) is 0 Å². The third kappa shape index (κ3) is 3.31. The van der Waals surface area contributed by atoms with E-state index in [0.717, 1.165) is 17.5 Å². The molecule has 0 saturated carbocycles. The summed E-state index contributed by atoms with van der Waals surface area (Å²) < 4.78 is 3.37. The Morgan fingerprint density at radius 3 is 2.84 bits per heavy atom. The predicted octanol–water partition coefficient (Wildman–Crippen LogP) is 4.78. The van der Waals surface area contributed by atoms with Crippen molar-refractivity contribution in [3.63, 3.8) is 0 Å². The molecule has 0 spiro atoms. The van der Waals surface area contributed by atoms with Crippen LogP contribution in [0.3, 0.4) is 0 Å². The normalized spacial score (nSPS) is 18.7. The minimum absolute atomic E-state index is 0.844. The fraction of sp³-hybridized carbons (Fsp3) is 0.400. The van der Waals surface area contributed by atoms with Gasteiger partial charge in [0.15, 0.2) is 5.13 Å². The molecular formula is C15H18N2S2. The van der Waals surface area contributed by atoms with E-state index in [-0.39, 0.29) is 0 Å². The maximum atomic E-state index is 4.75. The number of benzene rings is 1. The van der Waals surface area contributed by atoms with Crippen LogP contribution in [0.5, 0.6) is 0 Å². The molecule has 1 aliphatic rings. The molecule has 100 valence electrons. The van der Waals surface area contributed by atoms with Crippen LogP contribution in [0.1, 0.15) is 30.3 Å². The van der Waals surface area contributed by atoms with E-state index in [0.29, 0.717) is 0 Å². The number of fused-ring (bicyclic) bond motifs is 1. The highest BCUT2D eigenvalue weighted by atomic mass is 32.2. The fourth-order valence-corrected chi connectivity index (χ4v) is 4.02. The molecule has 0 saturated heterocycles. The van der Waals surface area contributed by atoms with Gasteiger partial charge in [-0.25, -0.2) is 4.98 Å².